The van der Waals surface area contributed by atoms with Crippen molar-refractivity contribution in [3.8, 4) is 17.2 Å². The van der Waals surface area contributed by atoms with Crippen molar-refractivity contribution in [1.29, 1.82) is 0 Å². The van der Waals surface area contributed by atoms with Crippen LogP contribution in [0.3, 0.4) is 0 Å². The van der Waals surface area contributed by atoms with E-state index in [1.807, 2.05) is 48.5 Å². The van der Waals surface area contributed by atoms with Gasteiger partial charge in [-0.25, -0.2) is 0 Å². The lowest BCUT2D eigenvalue weighted by molar-refractivity contribution is 0.283. The first-order chi connectivity index (χ1) is 14.1. The van der Waals surface area contributed by atoms with Gasteiger partial charge in [0, 0.05) is 29.7 Å². The second-order valence-corrected chi connectivity index (χ2v) is 7.13. The molecule has 0 fully saturated rings. The zero-order valence-corrected chi connectivity index (χ0v) is 17.8. The molecule has 0 aliphatic rings. The average Bonchev–Trinajstić information content (AvgIpc) is 2.74. The Hall–Kier alpha value is -2.69. The van der Waals surface area contributed by atoms with Crippen molar-refractivity contribution in [2.24, 2.45) is 0 Å². The van der Waals surface area contributed by atoms with Gasteiger partial charge in [-0.3, -0.25) is 0 Å². The lowest BCUT2D eigenvalue weighted by atomic mass is 10.1. The van der Waals surface area contributed by atoms with Crippen molar-refractivity contribution in [3.63, 3.8) is 0 Å². The third kappa shape index (κ3) is 5.43. The number of para-hydroxylation sites is 1. The zero-order chi connectivity index (χ0) is 20.6. The van der Waals surface area contributed by atoms with E-state index in [0.29, 0.717) is 36.2 Å². The molecule has 0 spiro atoms. The summed E-state index contributed by atoms with van der Waals surface area (Å²) in [7, 11) is 3.31. The van der Waals surface area contributed by atoms with Crippen molar-refractivity contribution in [2.75, 3.05) is 14.2 Å². The fourth-order valence-electron chi connectivity index (χ4n) is 3.09. The zero-order valence-electron chi connectivity index (χ0n) is 17.0. The Labute approximate surface area is 177 Å². The van der Waals surface area contributed by atoms with Crippen LogP contribution in [0.2, 0.25) is 5.02 Å². The molecule has 1 N–H and O–H groups in total. The fourth-order valence-corrected chi connectivity index (χ4v) is 3.31. The largest absolute Gasteiger partial charge is 0.496 e. The third-order valence-electron chi connectivity index (χ3n) is 4.80. The van der Waals surface area contributed by atoms with E-state index >= 15 is 0 Å². The van der Waals surface area contributed by atoms with Crippen LogP contribution in [-0.4, -0.2) is 14.2 Å². The van der Waals surface area contributed by atoms with Crippen LogP contribution < -0.4 is 19.5 Å². The van der Waals surface area contributed by atoms with E-state index < -0.39 is 0 Å². The highest BCUT2D eigenvalue weighted by Gasteiger charge is 2.12. The molecule has 152 valence electrons. The van der Waals surface area contributed by atoms with Gasteiger partial charge in [-0.15, -0.1) is 0 Å². The van der Waals surface area contributed by atoms with E-state index in [0.717, 1.165) is 22.4 Å². The minimum Gasteiger partial charge on any atom is -0.496 e. The Kier molecular flexibility index (Phi) is 7.39. The molecule has 0 heterocycles. The summed E-state index contributed by atoms with van der Waals surface area (Å²) in [5.41, 5.74) is 4.36. The Morgan fingerprint density at radius 3 is 2.14 bits per heavy atom. The molecule has 0 unspecified atom stereocenters. The Morgan fingerprint density at radius 1 is 0.759 bits per heavy atom. The second kappa shape index (κ2) is 10.2. The molecule has 0 aliphatic carbocycles. The van der Waals surface area contributed by atoms with Crippen molar-refractivity contribution in [1.82, 2.24) is 5.32 Å². The maximum Gasteiger partial charge on any atom is 0.163 e. The van der Waals surface area contributed by atoms with Crippen LogP contribution in [0, 0.1) is 6.92 Å². The summed E-state index contributed by atoms with van der Waals surface area (Å²) in [4.78, 5) is 0. The van der Waals surface area contributed by atoms with Crippen LogP contribution in [0.4, 0.5) is 0 Å². The number of hydrogen-bond donors (Lipinski definition) is 1. The molecule has 0 aromatic heterocycles. The smallest absolute Gasteiger partial charge is 0.163 e. The van der Waals surface area contributed by atoms with Crippen LogP contribution in [0.15, 0.2) is 60.7 Å². The highest BCUT2D eigenvalue weighted by atomic mass is 35.5. The van der Waals surface area contributed by atoms with Crippen LogP contribution in [0.1, 0.15) is 22.3 Å². The average molecular weight is 412 g/mol. The van der Waals surface area contributed by atoms with Crippen molar-refractivity contribution in [2.45, 2.75) is 26.6 Å². The van der Waals surface area contributed by atoms with Gasteiger partial charge in [-0.05, 0) is 35.7 Å². The van der Waals surface area contributed by atoms with Crippen molar-refractivity contribution in [3.05, 3.63) is 87.9 Å². The van der Waals surface area contributed by atoms with Gasteiger partial charge in [-0.1, -0.05) is 54.1 Å². The highest BCUT2D eigenvalue weighted by molar-refractivity contribution is 6.31. The normalized spacial score (nSPS) is 10.6. The summed E-state index contributed by atoms with van der Waals surface area (Å²) in [6, 6.07) is 19.8. The Balaban J connectivity index is 1.67. The number of benzene rings is 3. The topological polar surface area (TPSA) is 39.7 Å². The summed E-state index contributed by atoms with van der Waals surface area (Å²) in [6.07, 6.45) is 0. The molecule has 0 saturated heterocycles. The molecule has 5 heteroatoms. The van der Waals surface area contributed by atoms with Crippen LogP contribution in [-0.2, 0) is 19.7 Å². The molecule has 0 radical (unpaired) electrons. The number of nitrogens with one attached hydrogen (secondary N) is 1. The predicted molar refractivity (Wildman–Crippen MR) is 117 cm³/mol. The number of halogens is 1. The third-order valence-corrected chi connectivity index (χ3v) is 5.15. The van der Waals surface area contributed by atoms with Crippen molar-refractivity contribution >= 4 is 11.6 Å². The van der Waals surface area contributed by atoms with E-state index in [2.05, 4.69) is 24.4 Å². The molecule has 0 aliphatic heterocycles. The first-order valence-corrected chi connectivity index (χ1v) is 9.86. The molecule has 4 nitrogen and oxygen atoms in total. The fraction of sp³-hybridized carbons (Fsp3) is 0.250. The number of hydrogen-bond acceptors (Lipinski definition) is 4. The van der Waals surface area contributed by atoms with Gasteiger partial charge in [0.2, 0.25) is 0 Å². The van der Waals surface area contributed by atoms with Gasteiger partial charge >= 0.3 is 0 Å². The minimum absolute atomic E-state index is 0.463. The standard InChI is InChI=1S/C24H26ClNO3/c1-17-8-4-5-10-19(17)16-29-24-13-21(25)20(12-23(24)28-3)15-26-14-18-9-6-7-11-22(18)27-2/h4-13,26H,14-16H2,1-3H3. The lowest BCUT2D eigenvalue weighted by Gasteiger charge is -2.15. The number of aryl methyl sites for hydroxylation is 1. The Bertz CT molecular complexity index is 959. The van der Waals surface area contributed by atoms with E-state index in [4.69, 9.17) is 25.8 Å². The molecule has 3 rings (SSSR count). The van der Waals surface area contributed by atoms with E-state index in [-0.39, 0.29) is 0 Å². The summed E-state index contributed by atoms with van der Waals surface area (Å²) in [5, 5.41) is 4.05. The summed E-state index contributed by atoms with van der Waals surface area (Å²) >= 11 is 6.51. The number of rotatable bonds is 9. The number of methoxy groups -OCH3 is 2. The van der Waals surface area contributed by atoms with Gasteiger partial charge in [0.05, 0.1) is 14.2 Å². The maximum atomic E-state index is 6.51. The highest BCUT2D eigenvalue weighted by Crippen LogP contribution is 2.34. The van der Waals surface area contributed by atoms with Crippen LogP contribution in [0.25, 0.3) is 0 Å². The maximum absolute atomic E-state index is 6.51. The molecule has 29 heavy (non-hydrogen) atoms. The molecular formula is C24H26ClNO3. The van der Waals surface area contributed by atoms with Gasteiger partial charge in [-0.2, -0.15) is 0 Å². The van der Waals surface area contributed by atoms with E-state index in [1.165, 1.54) is 5.56 Å². The van der Waals surface area contributed by atoms with Gasteiger partial charge in [0.1, 0.15) is 12.4 Å². The molecular weight excluding hydrogens is 386 g/mol. The quantitative estimate of drug-likeness (QED) is 0.502. The molecule has 3 aromatic carbocycles. The minimum atomic E-state index is 0.463. The van der Waals surface area contributed by atoms with Crippen LogP contribution in [0.5, 0.6) is 17.2 Å². The molecule has 0 atom stereocenters. The van der Waals surface area contributed by atoms with Gasteiger partial charge in [0.25, 0.3) is 0 Å². The molecule has 3 aromatic rings. The monoisotopic (exact) mass is 411 g/mol. The van der Waals surface area contributed by atoms with E-state index in [1.54, 1.807) is 14.2 Å². The van der Waals surface area contributed by atoms with Crippen molar-refractivity contribution < 1.29 is 14.2 Å². The first kappa shape index (κ1) is 21.0. The van der Waals surface area contributed by atoms with E-state index in [9.17, 15) is 0 Å². The van der Waals surface area contributed by atoms with Gasteiger partial charge < -0.3 is 19.5 Å². The Morgan fingerprint density at radius 2 is 1.41 bits per heavy atom. The van der Waals surface area contributed by atoms with Crippen LogP contribution >= 0.6 is 11.6 Å². The summed E-state index contributed by atoms with van der Waals surface area (Å²) in [5.74, 6) is 2.16. The first-order valence-electron chi connectivity index (χ1n) is 9.48. The molecule has 0 amide bonds. The summed E-state index contributed by atoms with van der Waals surface area (Å²) < 4.78 is 16.9. The SMILES string of the molecule is COc1ccccc1CNCc1cc(OC)c(OCc2ccccc2C)cc1Cl. The molecule has 0 bridgehead atoms. The lowest BCUT2D eigenvalue weighted by Crippen LogP contribution is -2.14. The predicted octanol–water partition coefficient (Wildman–Crippen LogP) is 5.53. The van der Waals surface area contributed by atoms with Gasteiger partial charge in [0.15, 0.2) is 11.5 Å². The second-order valence-electron chi connectivity index (χ2n) is 6.73. The molecule has 0 saturated carbocycles. The number of ether oxygens (including phenoxy) is 3. The summed E-state index contributed by atoms with van der Waals surface area (Å²) in [6.45, 7) is 3.81.